The van der Waals surface area contributed by atoms with E-state index >= 15 is 0 Å². The fraction of sp³-hybridized carbons (Fsp3) is 0.875. The zero-order valence-electron chi connectivity index (χ0n) is 6.89. The summed E-state index contributed by atoms with van der Waals surface area (Å²) < 4.78 is 0. The molecule has 0 aliphatic heterocycles. The molecule has 60 valence electrons. The van der Waals surface area contributed by atoms with Gasteiger partial charge in [-0.05, 0) is 18.3 Å². The molecule has 2 nitrogen and oxygen atoms in total. The Bertz CT molecular complexity index is 110. The molecule has 2 heteroatoms. The van der Waals surface area contributed by atoms with Crippen molar-refractivity contribution in [2.75, 3.05) is 0 Å². The lowest BCUT2D eigenvalue weighted by Gasteiger charge is -2.15. The molecule has 0 N–H and O–H groups in total. The monoisotopic (exact) mass is 143 g/mol. The fourth-order valence-electron chi connectivity index (χ4n) is 0.866. The Labute approximate surface area is 62.2 Å². The first kappa shape index (κ1) is 9.47. The highest BCUT2D eigenvalue weighted by molar-refractivity contribution is 5.66. The van der Waals surface area contributed by atoms with Gasteiger partial charge >= 0.3 is 0 Å². The third-order valence-corrected chi connectivity index (χ3v) is 1.86. The number of carboxylic acid groups (broad SMARTS) is 1. The van der Waals surface area contributed by atoms with Crippen molar-refractivity contribution >= 4 is 5.97 Å². The summed E-state index contributed by atoms with van der Waals surface area (Å²) in [6, 6.07) is 0. The second-order valence-electron chi connectivity index (χ2n) is 2.97. The van der Waals surface area contributed by atoms with Gasteiger partial charge in [0, 0.05) is 5.97 Å². The van der Waals surface area contributed by atoms with Crippen molar-refractivity contribution in [2.45, 2.75) is 33.6 Å². The summed E-state index contributed by atoms with van der Waals surface area (Å²) in [5.41, 5.74) is 0. The number of hydrogen-bond donors (Lipinski definition) is 0. The van der Waals surface area contributed by atoms with E-state index in [4.69, 9.17) is 0 Å². The minimum Gasteiger partial charge on any atom is -0.550 e. The Kier molecular flexibility index (Phi) is 4.08. The lowest BCUT2D eigenvalue weighted by Crippen LogP contribution is -2.30. The molecule has 0 aromatic carbocycles. The van der Waals surface area contributed by atoms with Crippen LogP contribution in [0.15, 0.2) is 0 Å². The molecule has 0 saturated heterocycles. The van der Waals surface area contributed by atoms with Crippen LogP contribution in [-0.2, 0) is 4.79 Å². The van der Waals surface area contributed by atoms with Crippen LogP contribution in [-0.4, -0.2) is 5.97 Å². The molecule has 2 atom stereocenters. The first-order chi connectivity index (χ1) is 4.57. The SMILES string of the molecule is CC[C@@H](C)C[C@H](C)C(=O)[O-]. The predicted molar refractivity (Wildman–Crippen MR) is 38.2 cm³/mol. The Balaban J connectivity index is 3.56. The molecule has 0 bridgehead atoms. The van der Waals surface area contributed by atoms with Crippen LogP contribution in [0.25, 0.3) is 0 Å². The molecule has 0 unspecified atom stereocenters. The van der Waals surface area contributed by atoms with Gasteiger partial charge in [0.1, 0.15) is 0 Å². The molecule has 0 rings (SSSR count). The zero-order chi connectivity index (χ0) is 8.15. The zero-order valence-corrected chi connectivity index (χ0v) is 6.89. The van der Waals surface area contributed by atoms with Gasteiger partial charge in [-0.2, -0.15) is 0 Å². The number of aliphatic carboxylic acids is 1. The van der Waals surface area contributed by atoms with E-state index in [2.05, 4.69) is 13.8 Å². The van der Waals surface area contributed by atoms with E-state index in [1.165, 1.54) is 0 Å². The molecule has 0 saturated carbocycles. The van der Waals surface area contributed by atoms with E-state index < -0.39 is 5.97 Å². The van der Waals surface area contributed by atoms with Gasteiger partial charge in [-0.15, -0.1) is 0 Å². The number of carboxylic acids is 1. The van der Waals surface area contributed by atoms with Crippen LogP contribution in [0.1, 0.15) is 33.6 Å². The van der Waals surface area contributed by atoms with Crippen LogP contribution >= 0.6 is 0 Å². The molecule has 0 fully saturated rings. The topological polar surface area (TPSA) is 40.1 Å². The van der Waals surface area contributed by atoms with Crippen LogP contribution in [0.5, 0.6) is 0 Å². The summed E-state index contributed by atoms with van der Waals surface area (Å²) in [6.07, 6.45) is 1.77. The highest BCUT2D eigenvalue weighted by Gasteiger charge is 2.06. The molecule has 0 aromatic heterocycles. The van der Waals surface area contributed by atoms with Gasteiger partial charge < -0.3 is 9.90 Å². The van der Waals surface area contributed by atoms with E-state index in [-0.39, 0.29) is 5.92 Å². The minimum absolute atomic E-state index is 0.296. The van der Waals surface area contributed by atoms with Crippen LogP contribution in [0.4, 0.5) is 0 Å². The molecule has 0 aliphatic rings. The molecule has 0 aliphatic carbocycles. The van der Waals surface area contributed by atoms with Gasteiger partial charge in [0.25, 0.3) is 0 Å². The highest BCUT2D eigenvalue weighted by atomic mass is 16.4. The molecule has 0 heterocycles. The van der Waals surface area contributed by atoms with Gasteiger partial charge in [-0.25, -0.2) is 0 Å². The van der Waals surface area contributed by atoms with Crippen LogP contribution in [0.3, 0.4) is 0 Å². The first-order valence-electron chi connectivity index (χ1n) is 3.78. The maximum absolute atomic E-state index is 10.2. The lowest BCUT2D eigenvalue weighted by atomic mass is 9.96. The number of hydrogen-bond acceptors (Lipinski definition) is 2. The second kappa shape index (κ2) is 4.31. The van der Waals surface area contributed by atoms with Crippen molar-refractivity contribution in [3.63, 3.8) is 0 Å². The highest BCUT2D eigenvalue weighted by Crippen LogP contribution is 2.13. The van der Waals surface area contributed by atoms with Gasteiger partial charge in [-0.3, -0.25) is 0 Å². The number of carbonyl (C=O) groups excluding carboxylic acids is 1. The van der Waals surface area contributed by atoms with Gasteiger partial charge in [0.05, 0.1) is 0 Å². The maximum Gasteiger partial charge on any atom is 0.0442 e. The molecule has 0 radical (unpaired) electrons. The van der Waals surface area contributed by atoms with Crippen molar-refractivity contribution in [3.05, 3.63) is 0 Å². The maximum atomic E-state index is 10.2. The number of rotatable bonds is 4. The summed E-state index contributed by atoms with van der Waals surface area (Å²) in [4.78, 5) is 10.2. The Morgan fingerprint density at radius 1 is 1.50 bits per heavy atom. The lowest BCUT2D eigenvalue weighted by molar-refractivity contribution is -0.311. The van der Waals surface area contributed by atoms with Crippen molar-refractivity contribution in [1.82, 2.24) is 0 Å². The third-order valence-electron chi connectivity index (χ3n) is 1.86. The van der Waals surface area contributed by atoms with Crippen LogP contribution < -0.4 is 5.11 Å². The molecule has 0 spiro atoms. The normalized spacial score (nSPS) is 16.3. The van der Waals surface area contributed by atoms with E-state index in [0.29, 0.717) is 5.92 Å². The van der Waals surface area contributed by atoms with Crippen molar-refractivity contribution in [1.29, 1.82) is 0 Å². The Morgan fingerprint density at radius 2 is 2.00 bits per heavy atom. The quantitative estimate of drug-likeness (QED) is 0.584. The molecule has 10 heavy (non-hydrogen) atoms. The van der Waals surface area contributed by atoms with Gasteiger partial charge in [0.15, 0.2) is 0 Å². The molecular weight excluding hydrogens is 128 g/mol. The first-order valence-corrected chi connectivity index (χ1v) is 3.78. The average Bonchev–Trinajstić information content (AvgIpc) is 1.87. The van der Waals surface area contributed by atoms with E-state index in [1.54, 1.807) is 6.92 Å². The number of carbonyl (C=O) groups is 1. The van der Waals surface area contributed by atoms with Crippen molar-refractivity contribution < 1.29 is 9.90 Å². The fourth-order valence-corrected chi connectivity index (χ4v) is 0.866. The van der Waals surface area contributed by atoms with E-state index in [1.807, 2.05) is 0 Å². The van der Waals surface area contributed by atoms with Crippen LogP contribution in [0, 0.1) is 11.8 Å². The molecular formula is C8H15O2-. The average molecular weight is 143 g/mol. The predicted octanol–water partition coefficient (Wildman–Crippen LogP) is 0.809. The summed E-state index contributed by atoms with van der Waals surface area (Å²) in [5, 5.41) is 10.2. The Morgan fingerprint density at radius 3 is 2.30 bits per heavy atom. The third kappa shape index (κ3) is 3.49. The summed E-state index contributed by atoms with van der Waals surface area (Å²) in [6.45, 7) is 5.81. The largest absolute Gasteiger partial charge is 0.550 e. The molecule has 0 amide bonds. The summed E-state index contributed by atoms with van der Waals surface area (Å²) in [5.74, 6) is -0.733. The summed E-state index contributed by atoms with van der Waals surface area (Å²) >= 11 is 0. The van der Waals surface area contributed by atoms with Crippen LogP contribution in [0.2, 0.25) is 0 Å². The summed E-state index contributed by atoms with van der Waals surface area (Å²) in [7, 11) is 0. The second-order valence-corrected chi connectivity index (χ2v) is 2.97. The van der Waals surface area contributed by atoms with E-state index in [9.17, 15) is 9.90 Å². The Hall–Kier alpha value is -0.530. The molecule has 0 aromatic rings. The van der Waals surface area contributed by atoms with Gasteiger partial charge in [0.2, 0.25) is 0 Å². The standard InChI is InChI=1S/C8H16O2/c1-4-6(2)5-7(3)8(9)10/h6-7H,4-5H2,1-3H3,(H,9,10)/p-1/t6-,7+/m1/s1. The van der Waals surface area contributed by atoms with E-state index in [0.717, 1.165) is 12.8 Å². The van der Waals surface area contributed by atoms with Gasteiger partial charge in [-0.1, -0.05) is 27.2 Å². The van der Waals surface area contributed by atoms with Crippen molar-refractivity contribution in [2.24, 2.45) is 11.8 Å². The van der Waals surface area contributed by atoms with Crippen molar-refractivity contribution in [3.8, 4) is 0 Å². The smallest absolute Gasteiger partial charge is 0.0442 e. The minimum atomic E-state index is -0.930.